The standard InChI is InChI=1S/C44H73NO8/c1-3-5-7-9-11-13-15-16-17-18-19-20-21-22-24-26-28-30-32-34-40(48)45-37(36-52-44-43(51)42(50)41(49)39(35-46)53-44)38(47)33-31-29-27-25-23-14-12-10-8-6-4-2/h5,7,11,13,16-17,19-20,22-25,31,33,37-39,41-44,46-47,49-51H,3-4,6,8-10,12,14-15,18,21,26-30,32,34-36H2,1-2H3,(H,45,48)/b7-5-,13-11-,17-16-,20-19-,24-22-,25-23+,33-31+. The second-order valence-electron chi connectivity index (χ2n) is 13.7. The van der Waals surface area contributed by atoms with Crippen molar-refractivity contribution in [3.05, 3.63) is 85.1 Å². The maximum atomic E-state index is 12.9. The van der Waals surface area contributed by atoms with Crippen LogP contribution >= 0.6 is 0 Å². The van der Waals surface area contributed by atoms with Crippen LogP contribution in [0.15, 0.2) is 85.1 Å². The highest BCUT2D eigenvalue weighted by molar-refractivity contribution is 5.76. The Morgan fingerprint density at radius 2 is 1.19 bits per heavy atom. The van der Waals surface area contributed by atoms with Gasteiger partial charge in [0.05, 0.1) is 25.4 Å². The molecule has 0 aromatic heterocycles. The Hall–Kier alpha value is -2.63. The normalized spacial score (nSPS) is 22.6. The molecule has 1 heterocycles. The minimum Gasteiger partial charge on any atom is -0.394 e. The van der Waals surface area contributed by atoms with Crippen molar-refractivity contribution >= 4 is 5.91 Å². The summed E-state index contributed by atoms with van der Waals surface area (Å²) >= 11 is 0. The van der Waals surface area contributed by atoms with E-state index in [9.17, 15) is 30.3 Å². The van der Waals surface area contributed by atoms with Gasteiger partial charge in [-0.05, 0) is 77.0 Å². The lowest BCUT2D eigenvalue weighted by molar-refractivity contribution is -0.302. The molecular formula is C44H73NO8. The Labute approximate surface area is 321 Å². The van der Waals surface area contributed by atoms with E-state index in [4.69, 9.17) is 9.47 Å². The number of ether oxygens (including phenoxy) is 2. The molecule has 0 spiro atoms. The molecule has 53 heavy (non-hydrogen) atoms. The third kappa shape index (κ3) is 25.1. The average molecular weight is 744 g/mol. The van der Waals surface area contributed by atoms with E-state index < -0.39 is 49.5 Å². The van der Waals surface area contributed by atoms with Gasteiger partial charge in [-0.15, -0.1) is 0 Å². The summed E-state index contributed by atoms with van der Waals surface area (Å²) in [5, 5.41) is 53.9. The van der Waals surface area contributed by atoms with Gasteiger partial charge in [0, 0.05) is 6.42 Å². The Morgan fingerprint density at radius 1 is 0.660 bits per heavy atom. The number of allylic oxidation sites excluding steroid dienone is 13. The van der Waals surface area contributed by atoms with Crippen molar-refractivity contribution in [2.45, 2.75) is 172 Å². The third-order valence-electron chi connectivity index (χ3n) is 8.95. The second kappa shape index (κ2) is 33.9. The summed E-state index contributed by atoms with van der Waals surface area (Å²) in [6, 6.07) is -0.842. The van der Waals surface area contributed by atoms with E-state index in [0.717, 1.165) is 70.6 Å². The molecule has 9 nitrogen and oxygen atoms in total. The highest BCUT2D eigenvalue weighted by atomic mass is 16.7. The summed E-state index contributed by atoms with van der Waals surface area (Å²) in [6.07, 6.45) is 39.1. The van der Waals surface area contributed by atoms with E-state index in [2.05, 4.69) is 92.1 Å². The highest BCUT2D eigenvalue weighted by Gasteiger charge is 2.44. The first kappa shape index (κ1) is 48.4. The summed E-state index contributed by atoms with van der Waals surface area (Å²) in [5.74, 6) is -0.225. The van der Waals surface area contributed by atoms with Gasteiger partial charge >= 0.3 is 0 Å². The van der Waals surface area contributed by atoms with Gasteiger partial charge in [0.2, 0.25) is 5.91 Å². The molecule has 1 saturated heterocycles. The largest absolute Gasteiger partial charge is 0.394 e. The van der Waals surface area contributed by atoms with Crippen molar-refractivity contribution in [2.24, 2.45) is 0 Å². The van der Waals surface area contributed by atoms with Gasteiger partial charge in [-0.3, -0.25) is 4.79 Å². The van der Waals surface area contributed by atoms with Gasteiger partial charge in [-0.1, -0.05) is 131 Å². The molecule has 1 aliphatic rings. The fourth-order valence-electron chi connectivity index (χ4n) is 5.66. The molecule has 0 aliphatic carbocycles. The number of unbranched alkanes of at least 4 members (excludes halogenated alkanes) is 9. The van der Waals surface area contributed by atoms with E-state index in [-0.39, 0.29) is 12.5 Å². The lowest BCUT2D eigenvalue weighted by Gasteiger charge is -2.40. The van der Waals surface area contributed by atoms with Crippen LogP contribution in [0.25, 0.3) is 0 Å². The molecule has 0 radical (unpaired) electrons. The zero-order chi connectivity index (χ0) is 38.8. The third-order valence-corrected chi connectivity index (χ3v) is 8.95. The van der Waals surface area contributed by atoms with E-state index in [1.807, 2.05) is 6.08 Å². The molecule has 1 aliphatic heterocycles. The van der Waals surface area contributed by atoms with Crippen molar-refractivity contribution in [3.63, 3.8) is 0 Å². The van der Waals surface area contributed by atoms with Gasteiger partial charge < -0.3 is 40.3 Å². The van der Waals surface area contributed by atoms with E-state index >= 15 is 0 Å². The molecule has 0 aromatic rings. The van der Waals surface area contributed by atoms with Crippen LogP contribution in [0.2, 0.25) is 0 Å². The topological polar surface area (TPSA) is 149 Å². The molecule has 302 valence electrons. The minimum atomic E-state index is -1.58. The second-order valence-corrected chi connectivity index (χ2v) is 13.7. The monoisotopic (exact) mass is 744 g/mol. The Bertz CT molecular complexity index is 1090. The van der Waals surface area contributed by atoms with Crippen molar-refractivity contribution in [1.29, 1.82) is 0 Å². The number of carbonyl (C=O) groups is 1. The number of amides is 1. The van der Waals surface area contributed by atoms with E-state index in [1.165, 1.54) is 32.1 Å². The molecule has 6 N–H and O–H groups in total. The maximum absolute atomic E-state index is 12.9. The van der Waals surface area contributed by atoms with Gasteiger partial charge in [-0.25, -0.2) is 0 Å². The molecule has 7 atom stereocenters. The van der Waals surface area contributed by atoms with Gasteiger partial charge in [0.15, 0.2) is 6.29 Å². The number of carbonyl (C=O) groups excluding carboxylic acids is 1. The number of rotatable bonds is 31. The zero-order valence-electron chi connectivity index (χ0n) is 32.7. The lowest BCUT2D eigenvalue weighted by atomic mass is 9.99. The van der Waals surface area contributed by atoms with Crippen molar-refractivity contribution < 1.29 is 39.8 Å². The molecule has 1 amide bonds. The molecule has 1 fully saturated rings. The van der Waals surface area contributed by atoms with Crippen LogP contribution < -0.4 is 5.32 Å². The molecule has 9 heteroatoms. The lowest BCUT2D eigenvalue weighted by Crippen LogP contribution is -2.60. The number of aliphatic hydroxyl groups is 5. The predicted octanol–water partition coefficient (Wildman–Crippen LogP) is 7.60. The summed E-state index contributed by atoms with van der Waals surface area (Å²) in [4.78, 5) is 12.9. The highest BCUT2D eigenvalue weighted by Crippen LogP contribution is 2.22. The summed E-state index contributed by atoms with van der Waals surface area (Å²) in [6.45, 7) is 3.56. The maximum Gasteiger partial charge on any atom is 0.220 e. The Kier molecular flexibility index (Phi) is 31.0. The molecular weight excluding hydrogens is 670 g/mol. The first-order chi connectivity index (χ1) is 25.8. The van der Waals surface area contributed by atoms with Crippen LogP contribution in [0, 0.1) is 0 Å². The van der Waals surface area contributed by atoms with Crippen LogP contribution in [0.5, 0.6) is 0 Å². The number of nitrogens with one attached hydrogen (secondary N) is 1. The molecule has 0 bridgehead atoms. The van der Waals surface area contributed by atoms with Gasteiger partial charge in [0.1, 0.15) is 24.4 Å². The van der Waals surface area contributed by atoms with Crippen LogP contribution in [0.4, 0.5) is 0 Å². The number of hydrogen-bond donors (Lipinski definition) is 6. The average Bonchev–Trinajstić information content (AvgIpc) is 3.16. The fourth-order valence-corrected chi connectivity index (χ4v) is 5.66. The molecule has 1 rings (SSSR count). The molecule has 0 saturated carbocycles. The molecule has 7 unspecified atom stereocenters. The fraction of sp³-hybridized carbons (Fsp3) is 0.659. The minimum absolute atomic E-state index is 0.220. The van der Waals surface area contributed by atoms with Crippen LogP contribution in [-0.2, 0) is 14.3 Å². The van der Waals surface area contributed by atoms with Crippen LogP contribution in [0.1, 0.15) is 129 Å². The Morgan fingerprint density at radius 3 is 1.79 bits per heavy atom. The number of aliphatic hydroxyl groups excluding tert-OH is 5. The first-order valence-corrected chi connectivity index (χ1v) is 20.3. The van der Waals surface area contributed by atoms with Crippen molar-refractivity contribution in [2.75, 3.05) is 13.2 Å². The van der Waals surface area contributed by atoms with Crippen LogP contribution in [0.3, 0.4) is 0 Å². The zero-order valence-corrected chi connectivity index (χ0v) is 32.7. The van der Waals surface area contributed by atoms with Gasteiger partial charge in [0.25, 0.3) is 0 Å². The first-order valence-electron chi connectivity index (χ1n) is 20.3. The van der Waals surface area contributed by atoms with Crippen molar-refractivity contribution in [3.8, 4) is 0 Å². The van der Waals surface area contributed by atoms with Crippen molar-refractivity contribution in [1.82, 2.24) is 5.32 Å². The summed E-state index contributed by atoms with van der Waals surface area (Å²) < 4.78 is 11.1. The Balaban J connectivity index is 2.46. The summed E-state index contributed by atoms with van der Waals surface area (Å²) in [7, 11) is 0. The smallest absolute Gasteiger partial charge is 0.220 e. The predicted molar refractivity (Wildman–Crippen MR) is 216 cm³/mol. The quantitative estimate of drug-likeness (QED) is 0.0314. The van der Waals surface area contributed by atoms with Gasteiger partial charge in [-0.2, -0.15) is 0 Å². The van der Waals surface area contributed by atoms with Crippen LogP contribution in [-0.4, -0.2) is 87.5 Å². The van der Waals surface area contributed by atoms with E-state index in [1.54, 1.807) is 6.08 Å². The summed E-state index contributed by atoms with van der Waals surface area (Å²) in [5.41, 5.74) is 0. The SMILES string of the molecule is CC/C=C\C/C=C\C/C=C\C/C=C\C/C=C\CCCCCC(=O)NC(COC1OC(CO)C(O)C(O)C1O)C(O)/C=C/CC/C=C/CCCCCCC. The molecule has 0 aromatic carbocycles. The van der Waals surface area contributed by atoms with E-state index in [0.29, 0.717) is 12.8 Å². The number of hydrogen-bond acceptors (Lipinski definition) is 8.